The number of nitrogens with zero attached hydrogens (tertiary/aromatic N) is 1. The van der Waals surface area contributed by atoms with E-state index in [4.69, 9.17) is 0 Å². The molecule has 0 radical (unpaired) electrons. The third-order valence-electron chi connectivity index (χ3n) is 2.48. The number of benzene rings is 1. The van der Waals surface area contributed by atoms with Gasteiger partial charge in [0.15, 0.2) is 0 Å². The van der Waals surface area contributed by atoms with Crippen LogP contribution in [0.2, 0.25) is 0 Å². The normalized spacial score (nSPS) is 11.3. The molecule has 0 unspecified atom stereocenters. The molecule has 0 saturated heterocycles. The standard InChI is InChI=1S/C13H13BrN2O2S/c1-10-12(14)7-8-13(15-10)16-19(17,18)9-11-5-3-2-4-6-11/h2-8H,9H2,1H3,(H,15,16). The number of aromatic nitrogens is 1. The van der Waals surface area contributed by atoms with Crippen LogP contribution in [0.5, 0.6) is 0 Å². The lowest BCUT2D eigenvalue weighted by atomic mass is 10.2. The number of pyridine rings is 1. The summed E-state index contributed by atoms with van der Waals surface area (Å²) >= 11 is 3.32. The zero-order valence-corrected chi connectivity index (χ0v) is 12.7. The van der Waals surface area contributed by atoms with E-state index < -0.39 is 10.0 Å². The number of anilines is 1. The van der Waals surface area contributed by atoms with Crippen LogP contribution < -0.4 is 4.72 Å². The Morgan fingerprint density at radius 3 is 2.47 bits per heavy atom. The topological polar surface area (TPSA) is 59.1 Å². The number of hydrogen-bond donors (Lipinski definition) is 1. The molecule has 0 aliphatic rings. The molecule has 0 bridgehead atoms. The number of rotatable bonds is 4. The number of hydrogen-bond acceptors (Lipinski definition) is 3. The van der Waals surface area contributed by atoms with E-state index >= 15 is 0 Å². The molecule has 1 N–H and O–H groups in total. The molecule has 1 heterocycles. The van der Waals surface area contributed by atoms with Crippen LogP contribution in [-0.4, -0.2) is 13.4 Å². The third kappa shape index (κ3) is 4.04. The van der Waals surface area contributed by atoms with Gasteiger partial charge in [0.1, 0.15) is 5.82 Å². The van der Waals surface area contributed by atoms with Crippen molar-refractivity contribution in [3.63, 3.8) is 0 Å². The van der Waals surface area contributed by atoms with Crippen molar-refractivity contribution in [2.45, 2.75) is 12.7 Å². The van der Waals surface area contributed by atoms with Gasteiger partial charge in [-0.15, -0.1) is 0 Å². The van der Waals surface area contributed by atoms with Crippen molar-refractivity contribution in [1.82, 2.24) is 4.98 Å². The Morgan fingerprint density at radius 2 is 1.84 bits per heavy atom. The summed E-state index contributed by atoms with van der Waals surface area (Å²) in [5.41, 5.74) is 1.48. The highest BCUT2D eigenvalue weighted by Gasteiger charge is 2.12. The van der Waals surface area contributed by atoms with Crippen LogP contribution >= 0.6 is 15.9 Å². The summed E-state index contributed by atoms with van der Waals surface area (Å²) in [6.45, 7) is 1.80. The first-order chi connectivity index (χ1) is 8.96. The van der Waals surface area contributed by atoms with Crippen LogP contribution in [0, 0.1) is 6.92 Å². The fourth-order valence-corrected chi connectivity index (χ4v) is 2.95. The Morgan fingerprint density at radius 1 is 1.16 bits per heavy atom. The predicted octanol–water partition coefficient (Wildman–Crippen LogP) is 3.09. The van der Waals surface area contributed by atoms with Gasteiger partial charge in [0.2, 0.25) is 10.0 Å². The quantitative estimate of drug-likeness (QED) is 0.930. The van der Waals surface area contributed by atoms with Gasteiger partial charge in [0.25, 0.3) is 0 Å². The Bertz CT molecular complexity index is 672. The highest BCUT2D eigenvalue weighted by Crippen LogP contribution is 2.17. The molecule has 100 valence electrons. The fraction of sp³-hybridized carbons (Fsp3) is 0.154. The minimum atomic E-state index is -3.45. The summed E-state index contributed by atoms with van der Waals surface area (Å²) < 4.78 is 27.3. The first kappa shape index (κ1) is 14.0. The molecule has 19 heavy (non-hydrogen) atoms. The second-order valence-corrected chi connectivity index (χ2v) is 6.69. The van der Waals surface area contributed by atoms with E-state index in [2.05, 4.69) is 25.6 Å². The van der Waals surface area contributed by atoms with Gasteiger partial charge < -0.3 is 0 Å². The summed E-state index contributed by atoms with van der Waals surface area (Å²) in [7, 11) is -3.45. The highest BCUT2D eigenvalue weighted by molar-refractivity contribution is 9.10. The lowest BCUT2D eigenvalue weighted by molar-refractivity contribution is 0.600. The van der Waals surface area contributed by atoms with Crippen LogP contribution in [-0.2, 0) is 15.8 Å². The number of sulfonamides is 1. The maximum atomic E-state index is 12.0. The summed E-state index contributed by atoms with van der Waals surface area (Å²) in [5, 5.41) is 0. The second kappa shape index (κ2) is 5.71. The van der Waals surface area contributed by atoms with Crippen LogP contribution in [0.4, 0.5) is 5.82 Å². The molecule has 0 amide bonds. The van der Waals surface area contributed by atoms with Gasteiger partial charge >= 0.3 is 0 Å². The average molecular weight is 341 g/mol. The largest absolute Gasteiger partial charge is 0.267 e. The minimum Gasteiger partial charge on any atom is -0.267 e. The lowest BCUT2D eigenvalue weighted by Crippen LogP contribution is -2.16. The molecule has 0 aliphatic heterocycles. The Balaban J connectivity index is 2.15. The number of nitrogens with one attached hydrogen (secondary N) is 1. The van der Waals surface area contributed by atoms with Crippen LogP contribution in [0.25, 0.3) is 0 Å². The van der Waals surface area contributed by atoms with Crippen molar-refractivity contribution < 1.29 is 8.42 Å². The van der Waals surface area contributed by atoms with E-state index in [0.29, 0.717) is 5.82 Å². The molecular weight excluding hydrogens is 328 g/mol. The molecule has 0 spiro atoms. The average Bonchev–Trinajstić information content (AvgIpc) is 2.34. The zero-order valence-electron chi connectivity index (χ0n) is 10.3. The molecule has 2 aromatic rings. The van der Waals surface area contributed by atoms with Crippen molar-refractivity contribution in [3.05, 3.63) is 58.2 Å². The van der Waals surface area contributed by atoms with Gasteiger partial charge in [-0.2, -0.15) is 0 Å². The van der Waals surface area contributed by atoms with E-state index in [1.54, 1.807) is 31.2 Å². The number of halogens is 1. The second-order valence-electron chi connectivity index (χ2n) is 4.11. The molecule has 0 aliphatic carbocycles. The van der Waals surface area contributed by atoms with Gasteiger partial charge in [-0.3, -0.25) is 4.72 Å². The summed E-state index contributed by atoms with van der Waals surface area (Å²) in [6, 6.07) is 12.4. The first-order valence-corrected chi connectivity index (χ1v) is 8.08. The Kier molecular flexibility index (Phi) is 4.21. The molecule has 1 aromatic carbocycles. The highest BCUT2D eigenvalue weighted by atomic mass is 79.9. The van der Waals surface area contributed by atoms with Gasteiger partial charge in [-0.25, -0.2) is 13.4 Å². The van der Waals surface area contributed by atoms with Crippen molar-refractivity contribution in [2.75, 3.05) is 4.72 Å². The Hall–Kier alpha value is -1.40. The zero-order chi connectivity index (χ0) is 13.9. The van der Waals surface area contributed by atoms with Crippen LogP contribution in [0.1, 0.15) is 11.3 Å². The van der Waals surface area contributed by atoms with E-state index in [9.17, 15) is 8.42 Å². The SMILES string of the molecule is Cc1nc(NS(=O)(=O)Cc2ccccc2)ccc1Br. The lowest BCUT2D eigenvalue weighted by Gasteiger charge is -2.08. The molecule has 0 saturated carbocycles. The monoisotopic (exact) mass is 340 g/mol. The third-order valence-corrected chi connectivity index (χ3v) is 4.55. The fourth-order valence-electron chi connectivity index (χ4n) is 1.59. The molecule has 0 atom stereocenters. The minimum absolute atomic E-state index is 0.0648. The van der Waals surface area contributed by atoms with E-state index in [1.807, 2.05) is 18.2 Å². The van der Waals surface area contributed by atoms with Crippen molar-refractivity contribution in [3.8, 4) is 0 Å². The summed E-state index contributed by atoms with van der Waals surface area (Å²) in [6.07, 6.45) is 0. The van der Waals surface area contributed by atoms with Crippen molar-refractivity contribution in [1.29, 1.82) is 0 Å². The Labute approximate surface area is 121 Å². The predicted molar refractivity (Wildman–Crippen MR) is 79.4 cm³/mol. The van der Waals surface area contributed by atoms with Gasteiger partial charge in [-0.05, 0) is 40.5 Å². The summed E-state index contributed by atoms with van der Waals surface area (Å²) in [4.78, 5) is 4.16. The van der Waals surface area contributed by atoms with Crippen LogP contribution in [0.3, 0.4) is 0 Å². The maximum Gasteiger partial charge on any atom is 0.238 e. The number of aryl methyl sites for hydroxylation is 1. The smallest absolute Gasteiger partial charge is 0.238 e. The van der Waals surface area contributed by atoms with Crippen molar-refractivity contribution >= 4 is 31.8 Å². The van der Waals surface area contributed by atoms with Crippen LogP contribution in [0.15, 0.2) is 46.9 Å². The van der Waals surface area contributed by atoms with E-state index in [0.717, 1.165) is 15.7 Å². The van der Waals surface area contributed by atoms with Gasteiger partial charge in [0, 0.05) is 4.47 Å². The molecule has 6 heteroatoms. The maximum absolute atomic E-state index is 12.0. The molecular formula is C13H13BrN2O2S. The molecule has 0 fully saturated rings. The van der Waals surface area contributed by atoms with Gasteiger partial charge in [0.05, 0.1) is 11.4 Å². The molecule has 2 rings (SSSR count). The molecule has 1 aromatic heterocycles. The first-order valence-electron chi connectivity index (χ1n) is 5.64. The van der Waals surface area contributed by atoms with E-state index in [1.165, 1.54) is 0 Å². The van der Waals surface area contributed by atoms with Crippen molar-refractivity contribution in [2.24, 2.45) is 0 Å². The summed E-state index contributed by atoms with van der Waals surface area (Å²) in [5.74, 6) is 0.265. The van der Waals surface area contributed by atoms with Gasteiger partial charge in [-0.1, -0.05) is 30.3 Å². The molecule has 4 nitrogen and oxygen atoms in total. The van der Waals surface area contributed by atoms with E-state index in [-0.39, 0.29) is 5.75 Å².